The van der Waals surface area contributed by atoms with Crippen LogP contribution in [0.2, 0.25) is 0 Å². The second kappa shape index (κ2) is 10.3. The van der Waals surface area contributed by atoms with E-state index in [-0.39, 0.29) is 18.2 Å². The van der Waals surface area contributed by atoms with Gasteiger partial charge in [-0.3, -0.25) is 4.79 Å². The van der Waals surface area contributed by atoms with E-state index in [0.717, 1.165) is 33.6 Å². The Labute approximate surface area is 197 Å². The summed E-state index contributed by atoms with van der Waals surface area (Å²) in [5.74, 6) is 0.227. The summed E-state index contributed by atoms with van der Waals surface area (Å²) in [5.41, 5.74) is 4.89. The fourth-order valence-corrected chi connectivity index (χ4v) is 4.59. The van der Waals surface area contributed by atoms with Crippen molar-refractivity contribution in [2.75, 3.05) is 0 Å². The zero-order valence-corrected chi connectivity index (χ0v) is 19.5. The van der Waals surface area contributed by atoms with Crippen molar-refractivity contribution < 1.29 is 23.8 Å². The van der Waals surface area contributed by atoms with Crippen LogP contribution >= 0.6 is 11.3 Å². The highest BCUT2D eigenvalue weighted by atomic mass is 32.1. The number of hydrogen-bond acceptors (Lipinski definition) is 5. The van der Waals surface area contributed by atoms with Crippen LogP contribution in [0.1, 0.15) is 49.3 Å². The van der Waals surface area contributed by atoms with Gasteiger partial charge in [0.25, 0.3) is 0 Å². The van der Waals surface area contributed by atoms with E-state index >= 15 is 0 Å². The molecular weight excluding hydrogens is 439 g/mol. The smallest absolute Gasteiger partial charge is 0.309 e. The third-order valence-corrected chi connectivity index (χ3v) is 6.35. The number of aliphatic hydroxyl groups excluding tert-OH is 1. The minimum atomic E-state index is -0.699. The van der Waals surface area contributed by atoms with Gasteiger partial charge >= 0.3 is 5.97 Å². The van der Waals surface area contributed by atoms with Crippen LogP contribution in [0.3, 0.4) is 0 Å². The van der Waals surface area contributed by atoms with Crippen LogP contribution in [-0.4, -0.2) is 23.3 Å². The number of ether oxygens (including phenoxy) is 2. The second-order valence-corrected chi connectivity index (χ2v) is 9.32. The lowest BCUT2D eigenvalue weighted by atomic mass is 9.89. The molecule has 0 aliphatic carbocycles. The van der Waals surface area contributed by atoms with Gasteiger partial charge in [-0.25, -0.2) is 4.39 Å². The van der Waals surface area contributed by atoms with Crippen molar-refractivity contribution in [2.45, 2.75) is 51.4 Å². The first-order chi connectivity index (χ1) is 15.9. The lowest BCUT2D eigenvalue weighted by Crippen LogP contribution is -2.31. The molecule has 3 aromatic rings. The fourth-order valence-electron chi connectivity index (χ4n) is 3.94. The first-order valence-corrected chi connectivity index (χ1v) is 12.0. The van der Waals surface area contributed by atoms with E-state index in [9.17, 15) is 14.3 Å². The maximum absolute atomic E-state index is 13.6. The van der Waals surface area contributed by atoms with E-state index in [1.807, 2.05) is 35.7 Å². The SMILES string of the molecule is CC(C)c1cc(OCc2ccsc2)cc(-c2ccc(F)cc2)c1C=CC1CC(O)CC(=O)O1. The minimum absolute atomic E-state index is 0.0264. The highest BCUT2D eigenvalue weighted by Crippen LogP contribution is 2.36. The maximum atomic E-state index is 13.6. The van der Waals surface area contributed by atoms with Gasteiger partial charge in [0.2, 0.25) is 0 Å². The molecule has 0 spiro atoms. The predicted molar refractivity (Wildman–Crippen MR) is 129 cm³/mol. The molecule has 2 atom stereocenters. The Kier molecular flexibility index (Phi) is 7.26. The fraction of sp³-hybridized carbons (Fsp3) is 0.296. The monoisotopic (exact) mass is 466 g/mol. The Hall–Kier alpha value is -2.96. The summed E-state index contributed by atoms with van der Waals surface area (Å²) in [4.78, 5) is 11.7. The third-order valence-electron chi connectivity index (χ3n) is 5.62. The van der Waals surface area contributed by atoms with Crippen molar-refractivity contribution in [3.05, 3.63) is 81.8 Å². The Morgan fingerprint density at radius 3 is 2.70 bits per heavy atom. The zero-order chi connectivity index (χ0) is 23.4. The number of hydrogen-bond donors (Lipinski definition) is 1. The highest BCUT2D eigenvalue weighted by molar-refractivity contribution is 7.07. The molecule has 2 aromatic carbocycles. The Morgan fingerprint density at radius 1 is 1.24 bits per heavy atom. The highest BCUT2D eigenvalue weighted by Gasteiger charge is 2.25. The molecular formula is C27H27FO4S. The van der Waals surface area contributed by atoms with Crippen LogP contribution in [0.5, 0.6) is 5.75 Å². The number of benzene rings is 2. The molecule has 172 valence electrons. The van der Waals surface area contributed by atoms with E-state index in [2.05, 4.69) is 19.2 Å². The summed E-state index contributed by atoms with van der Waals surface area (Å²) in [6.07, 6.45) is 2.96. The van der Waals surface area contributed by atoms with Crippen LogP contribution in [0, 0.1) is 5.82 Å². The molecule has 1 aliphatic rings. The lowest BCUT2D eigenvalue weighted by Gasteiger charge is -2.24. The standard InChI is InChI=1S/C27H27FO4S/c1-17(2)25-13-23(31-15-18-9-10-33-16-18)14-26(19-3-5-20(28)6-4-19)24(25)8-7-22-11-21(29)12-27(30)32-22/h3-10,13-14,16-17,21-22,29H,11-12,15H2,1-2H3. The molecule has 0 saturated carbocycles. The third kappa shape index (κ3) is 5.89. The van der Waals surface area contributed by atoms with Crippen molar-refractivity contribution in [1.82, 2.24) is 0 Å². The average molecular weight is 467 g/mol. The van der Waals surface area contributed by atoms with Gasteiger partial charge in [0.15, 0.2) is 0 Å². The van der Waals surface area contributed by atoms with Crippen LogP contribution in [0.25, 0.3) is 17.2 Å². The molecule has 1 aliphatic heterocycles. The Bertz CT molecular complexity index is 1120. The first-order valence-electron chi connectivity index (χ1n) is 11.0. The number of halogens is 1. The number of carbonyl (C=O) groups excluding carboxylic acids is 1. The normalized spacial score (nSPS) is 18.6. The molecule has 1 fully saturated rings. The van der Waals surface area contributed by atoms with Gasteiger partial charge < -0.3 is 14.6 Å². The van der Waals surface area contributed by atoms with Gasteiger partial charge in [-0.15, -0.1) is 0 Å². The van der Waals surface area contributed by atoms with Crippen molar-refractivity contribution in [2.24, 2.45) is 0 Å². The van der Waals surface area contributed by atoms with Gasteiger partial charge in [-0.05, 0) is 80.9 Å². The van der Waals surface area contributed by atoms with E-state index in [0.29, 0.717) is 13.0 Å². The van der Waals surface area contributed by atoms with Crippen molar-refractivity contribution in [1.29, 1.82) is 0 Å². The van der Waals surface area contributed by atoms with Crippen LogP contribution in [0.15, 0.2) is 59.3 Å². The molecule has 2 heterocycles. The predicted octanol–water partition coefficient (Wildman–Crippen LogP) is 6.34. The first kappa shape index (κ1) is 23.2. The van der Waals surface area contributed by atoms with Gasteiger partial charge in [0.1, 0.15) is 24.3 Å². The summed E-state index contributed by atoms with van der Waals surface area (Å²) in [5, 5.41) is 14.0. The number of rotatable bonds is 7. The number of thiophene rings is 1. The summed E-state index contributed by atoms with van der Waals surface area (Å²) < 4.78 is 25.1. The molecule has 0 bridgehead atoms. The van der Waals surface area contributed by atoms with Crippen LogP contribution < -0.4 is 4.74 Å². The Balaban J connectivity index is 1.74. The van der Waals surface area contributed by atoms with Gasteiger partial charge in [-0.2, -0.15) is 11.3 Å². The van der Waals surface area contributed by atoms with Crippen molar-refractivity contribution in [3.8, 4) is 16.9 Å². The number of cyclic esters (lactones) is 1. The minimum Gasteiger partial charge on any atom is -0.489 e. The molecule has 1 aromatic heterocycles. The zero-order valence-electron chi connectivity index (χ0n) is 18.7. The molecule has 0 radical (unpaired) electrons. The quantitative estimate of drug-likeness (QED) is 0.413. The van der Waals surface area contributed by atoms with E-state index in [4.69, 9.17) is 9.47 Å². The summed E-state index contributed by atoms with van der Waals surface area (Å²) in [7, 11) is 0. The molecule has 4 nitrogen and oxygen atoms in total. The van der Waals surface area contributed by atoms with Crippen molar-refractivity contribution in [3.63, 3.8) is 0 Å². The van der Waals surface area contributed by atoms with Crippen LogP contribution in [-0.2, 0) is 16.1 Å². The average Bonchev–Trinajstić information content (AvgIpc) is 3.29. The van der Waals surface area contributed by atoms with Gasteiger partial charge in [0, 0.05) is 6.42 Å². The molecule has 0 amide bonds. The van der Waals surface area contributed by atoms with Crippen molar-refractivity contribution >= 4 is 23.4 Å². The molecule has 4 rings (SSSR count). The van der Waals surface area contributed by atoms with E-state index in [1.165, 1.54) is 12.1 Å². The molecule has 2 unspecified atom stereocenters. The van der Waals surface area contributed by atoms with E-state index in [1.54, 1.807) is 23.5 Å². The Morgan fingerprint density at radius 2 is 2.03 bits per heavy atom. The number of aliphatic hydroxyl groups is 1. The summed E-state index contributed by atoms with van der Waals surface area (Å²) in [6.45, 7) is 4.68. The number of carbonyl (C=O) groups is 1. The number of esters is 1. The molecule has 6 heteroatoms. The molecule has 1 N–H and O–H groups in total. The second-order valence-electron chi connectivity index (χ2n) is 8.54. The summed E-state index contributed by atoms with van der Waals surface area (Å²) >= 11 is 1.63. The largest absolute Gasteiger partial charge is 0.489 e. The van der Waals surface area contributed by atoms with E-state index < -0.39 is 18.2 Å². The molecule has 1 saturated heterocycles. The lowest BCUT2D eigenvalue weighted by molar-refractivity contribution is -0.156. The molecule has 33 heavy (non-hydrogen) atoms. The summed E-state index contributed by atoms with van der Waals surface area (Å²) in [6, 6.07) is 12.4. The van der Waals surface area contributed by atoms with Gasteiger partial charge in [0.05, 0.1) is 12.5 Å². The van der Waals surface area contributed by atoms with Gasteiger partial charge in [-0.1, -0.05) is 32.1 Å². The van der Waals surface area contributed by atoms with Crippen LogP contribution in [0.4, 0.5) is 4.39 Å². The topological polar surface area (TPSA) is 55.8 Å². The maximum Gasteiger partial charge on any atom is 0.309 e.